The van der Waals surface area contributed by atoms with E-state index in [2.05, 4.69) is 12.0 Å². The summed E-state index contributed by atoms with van der Waals surface area (Å²) in [5, 5.41) is 3.12. The molecule has 3 nitrogen and oxygen atoms in total. The van der Waals surface area contributed by atoms with E-state index in [9.17, 15) is 4.79 Å². The van der Waals surface area contributed by atoms with Gasteiger partial charge < -0.3 is 0 Å². The summed E-state index contributed by atoms with van der Waals surface area (Å²) in [5.41, 5.74) is 2.88. The Balaban J connectivity index is 2.59. The first kappa shape index (κ1) is 10.7. The summed E-state index contributed by atoms with van der Waals surface area (Å²) < 4.78 is 1.55. The van der Waals surface area contributed by atoms with E-state index in [-0.39, 0.29) is 5.56 Å². The second kappa shape index (κ2) is 4.39. The van der Waals surface area contributed by atoms with Gasteiger partial charge in [-0.3, -0.25) is 14.6 Å². The summed E-state index contributed by atoms with van der Waals surface area (Å²) in [6, 6.07) is 9.82. The maximum absolute atomic E-state index is 12.0. The van der Waals surface area contributed by atoms with Crippen LogP contribution >= 0.6 is 0 Å². The monoisotopic (exact) mass is 216 g/mol. The van der Waals surface area contributed by atoms with Gasteiger partial charge in [-0.1, -0.05) is 43.7 Å². The summed E-state index contributed by atoms with van der Waals surface area (Å²) in [5.74, 6) is 0. The molecule has 0 aliphatic rings. The number of hydrogen-bond donors (Lipinski definition) is 1. The molecule has 0 fully saturated rings. The molecule has 0 aliphatic carbocycles. The SMILES string of the molecule is CCCc1[nH]n(C)c(=O)c1-c1ccccc1. The zero-order valence-electron chi connectivity index (χ0n) is 9.66. The predicted molar refractivity (Wildman–Crippen MR) is 65.5 cm³/mol. The van der Waals surface area contributed by atoms with Crippen LogP contribution in [0.15, 0.2) is 35.1 Å². The van der Waals surface area contributed by atoms with Crippen molar-refractivity contribution in [2.24, 2.45) is 7.05 Å². The van der Waals surface area contributed by atoms with Crippen LogP contribution in [0.2, 0.25) is 0 Å². The summed E-state index contributed by atoms with van der Waals surface area (Å²) in [4.78, 5) is 12.0. The van der Waals surface area contributed by atoms with Crippen LogP contribution in [0.3, 0.4) is 0 Å². The van der Waals surface area contributed by atoms with E-state index < -0.39 is 0 Å². The molecule has 0 saturated heterocycles. The Labute approximate surface area is 94.7 Å². The first-order valence-corrected chi connectivity index (χ1v) is 5.57. The number of benzene rings is 1. The minimum Gasteiger partial charge on any atom is -0.299 e. The third-order valence-electron chi connectivity index (χ3n) is 2.69. The fourth-order valence-electron chi connectivity index (χ4n) is 1.94. The molecule has 16 heavy (non-hydrogen) atoms. The summed E-state index contributed by atoms with van der Waals surface area (Å²) in [6.45, 7) is 2.11. The van der Waals surface area contributed by atoms with Gasteiger partial charge in [-0.25, -0.2) is 0 Å². The number of rotatable bonds is 3. The van der Waals surface area contributed by atoms with Gasteiger partial charge in [-0.05, 0) is 12.0 Å². The number of H-pyrrole nitrogens is 1. The van der Waals surface area contributed by atoms with Gasteiger partial charge in [0.25, 0.3) is 5.56 Å². The number of nitrogens with one attached hydrogen (secondary N) is 1. The molecule has 0 amide bonds. The third kappa shape index (κ3) is 1.81. The van der Waals surface area contributed by atoms with Crippen molar-refractivity contribution in [1.82, 2.24) is 9.78 Å². The summed E-state index contributed by atoms with van der Waals surface area (Å²) in [6.07, 6.45) is 1.93. The second-order valence-corrected chi connectivity index (χ2v) is 3.95. The molecule has 0 aliphatic heterocycles. The number of hydrogen-bond acceptors (Lipinski definition) is 1. The number of aromatic amines is 1. The maximum atomic E-state index is 12.0. The Kier molecular flexibility index (Phi) is 2.95. The van der Waals surface area contributed by atoms with Crippen LogP contribution in [0.1, 0.15) is 19.0 Å². The van der Waals surface area contributed by atoms with Crippen LogP contribution in [0.25, 0.3) is 11.1 Å². The van der Waals surface area contributed by atoms with Crippen molar-refractivity contribution in [2.75, 3.05) is 0 Å². The topological polar surface area (TPSA) is 37.8 Å². The first-order chi connectivity index (χ1) is 7.74. The Morgan fingerprint density at radius 1 is 1.25 bits per heavy atom. The lowest BCUT2D eigenvalue weighted by molar-refractivity contribution is 0.713. The zero-order chi connectivity index (χ0) is 11.5. The molecule has 0 bridgehead atoms. The van der Waals surface area contributed by atoms with Crippen LogP contribution in [-0.2, 0) is 13.5 Å². The zero-order valence-corrected chi connectivity index (χ0v) is 9.66. The van der Waals surface area contributed by atoms with Crippen molar-refractivity contribution in [3.63, 3.8) is 0 Å². The maximum Gasteiger partial charge on any atom is 0.274 e. The molecule has 0 spiro atoms. The van der Waals surface area contributed by atoms with Gasteiger partial charge in [-0.2, -0.15) is 0 Å². The van der Waals surface area contributed by atoms with Crippen LogP contribution in [0.4, 0.5) is 0 Å². The van der Waals surface area contributed by atoms with Crippen molar-refractivity contribution in [2.45, 2.75) is 19.8 Å². The Bertz CT molecular complexity index is 523. The molecule has 3 heteroatoms. The molecule has 0 saturated carbocycles. The van der Waals surface area contributed by atoms with Crippen LogP contribution in [0.5, 0.6) is 0 Å². The molecule has 1 aromatic carbocycles. The van der Waals surface area contributed by atoms with Crippen molar-refractivity contribution in [3.05, 3.63) is 46.4 Å². The lowest BCUT2D eigenvalue weighted by Crippen LogP contribution is -2.12. The number of aryl methyl sites for hydroxylation is 2. The highest BCUT2D eigenvalue weighted by atomic mass is 16.1. The van der Waals surface area contributed by atoms with Crippen LogP contribution in [-0.4, -0.2) is 9.78 Å². The van der Waals surface area contributed by atoms with E-state index in [4.69, 9.17) is 0 Å². The predicted octanol–water partition coefficient (Wildman–Crippen LogP) is 2.33. The highest BCUT2D eigenvalue weighted by Gasteiger charge is 2.12. The first-order valence-electron chi connectivity index (χ1n) is 5.57. The van der Waals surface area contributed by atoms with Gasteiger partial charge in [0.05, 0.1) is 5.56 Å². The number of nitrogens with zero attached hydrogens (tertiary/aromatic N) is 1. The van der Waals surface area contributed by atoms with E-state index in [1.807, 2.05) is 30.3 Å². The van der Waals surface area contributed by atoms with Gasteiger partial charge in [0.1, 0.15) is 0 Å². The summed E-state index contributed by atoms with van der Waals surface area (Å²) in [7, 11) is 1.76. The fraction of sp³-hybridized carbons (Fsp3) is 0.308. The van der Waals surface area contributed by atoms with Gasteiger partial charge in [-0.15, -0.1) is 0 Å². The van der Waals surface area contributed by atoms with E-state index in [1.54, 1.807) is 11.7 Å². The average molecular weight is 216 g/mol. The van der Waals surface area contributed by atoms with Crippen molar-refractivity contribution >= 4 is 0 Å². The number of aromatic nitrogens is 2. The highest BCUT2D eigenvalue weighted by molar-refractivity contribution is 5.65. The molecule has 1 aromatic heterocycles. The second-order valence-electron chi connectivity index (χ2n) is 3.95. The molecule has 0 radical (unpaired) electrons. The molecule has 2 aromatic rings. The molecule has 84 valence electrons. The smallest absolute Gasteiger partial charge is 0.274 e. The lowest BCUT2D eigenvalue weighted by atomic mass is 10.0. The summed E-state index contributed by atoms with van der Waals surface area (Å²) >= 11 is 0. The van der Waals surface area contributed by atoms with Crippen LogP contribution < -0.4 is 5.56 Å². The van der Waals surface area contributed by atoms with Crippen LogP contribution in [0, 0.1) is 0 Å². The molecule has 0 atom stereocenters. The van der Waals surface area contributed by atoms with Gasteiger partial charge in [0.15, 0.2) is 0 Å². The largest absolute Gasteiger partial charge is 0.299 e. The standard InChI is InChI=1S/C13H16N2O/c1-3-7-11-12(13(16)15(2)14-11)10-8-5-4-6-9-10/h4-6,8-9,14H,3,7H2,1-2H3. The Morgan fingerprint density at radius 3 is 2.56 bits per heavy atom. The van der Waals surface area contributed by atoms with E-state index in [1.165, 1.54) is 0 Å². The van der Waals surface area contributed by atoms with Crippen molar-refractivity contribution < 1.29 is 0 Å². The van der Waals surface area contributed by atoms with Crippen molar-refractivity contribution in [1.29, 1.82) is 0 Å². The molecule has 1 N–H and O–H groups in total. The highest BCUT2D eigenvalue weighted by Crippen LogP contribution is 2.19. The average Bonchev–Trinajstić information content (AvgIpc) is 2.57. The fourth-order valence-corrected chi connectivity index (χ4v) is 1.94. The third-order valence-corrected chi connectivity index (χ3v) is 2.69. The van der Waals surface area contributed by atoms with E-state index in [0.717, 1.165) is 29.7 Å². The lowest BCUT2D eigenvalue weighted by Gasteiger charge is -2.00. The quantitative estimate of drug-likeness (QED) is 0.840. The van der Waals surface area contributed by atoms with Gasteiger partial charge >= 0.3 is 0 Å². The molecular weight excluding hydrogens is 200 g/mol. The van der Waals surface area contributed by atoms with Gasteiger partial charge in [0.2, 0.25) is 0 Å². The molecule has 0 unspecified atom stereocenters. The minimum absolute atomic E-state index is 0.0506. The minimum atomic E-state index is 0.0506. The Hall–Kier alpha value is -1.77. The molecular formula is C13H16N2O. The normalized spacial score (nSPS) is 10.6. The van der Waals surface area contributed by atoms with E-state index >= 15 is 0 Å². The molecule has 2 rings (SSSR count). The Morgan fingerprint density at radius 2 is 1.94 bits per heavy atom. The van der Waals surface area contributed by atoms with Gasteiger partial charge in [0, 0.05) is 12.7 Å². The molecule has 1 heterocycles. The van der Waals surface area contributed by atoms with E-state index in [0.29, 0.717) is 0 Å². The van der Waals surface area contributed by atoms with Crippen molar-refractivity contribution in [3.8, 4) is 11.1 Å².